The highest BCUT2D eigenvalue weighted by atomic mass is 79.9. The third kappa shape index (κ3) is 2.26. The van der Waals surface area contributed by atoms with Gasteiger partial charge in [0.15, 0.2) is 0 Å². The summed E-state index contributed by atoms with van der Waals surface area (Å²) >= 11 is 10.3. The van der Waals surface area contributed by atoms with Crippen molar-refractivity contribution in [2.45, 2.75) is 30.7 Å². The molecular formula is C15H18BrClN2O2. The number of aryl methyl sites for hydroxylation is 2. The average Bonchev–Trinajstić information content (AvgIpc) is 2.98. The van der Waals surface area contributed by atoms with E-state index in [0.29, 0.717) is 0 Å². The van der Waals surface area contributed by atoms with Crippen LogP contribution in [0.2, 0.25) is 0 Å². The Kier molecular flexibility index (Phi) is 3.71. The molecule has 0 saturated carbocycles. The zero-order valence-electron chi connectivity index (χ0n) is 12.3. The number of imidazole rings is 1. The second kappa shape index (κ2) is 5.14. The maximum Gasteiger partial charge on any atom is 0.328 e. The van der Waals surface area contributed by atoms with Crippen LogP contribution in [-0.4, -0.2) is 21.3 Å². The summed E-state index contributed by atoms with van der Waals surface area (Å²) in [4.78, 5) is 12.1. The van der Waals surface area contributed by atoms with Gasteiger partial charge in [0.05, 0.1) is 22.0 Å². The quantitative estimate of drug-likeness (QED) is 0.756. The van der Waals surface area contributed by atoms with E-state index in [1.165, 1.54) is 0 Å². The van der Waals surface area contributed by atoms with E-state index in [-0.39, 0.29) is 16.7 Å². The number of rotatable bonds is 2. The largest absolute Gasteiger partial charge is 0.373 e. The van der Waals surface area contributed by atoms with Crippen molar-refractivity contribution in [3.8, 4) is 0 Å². The summed E-state index contributed by atoms with van der Waals surface area (Å²) in [5.74, 6) is 0. The number of hydrogen-bond donors (Lipinski definition) is 0. The van der Waals surface area contributed by atoms with E-state index in [0.717, 1.165) is 40.5 Å². The Labute approximate surface area is 136 Å². The van der Waals surface area contributed by atoms with Crippen LogP contribution in [0.4, 0.5) is 0 Å². The molecule has 4 nitrogen and oxygen atoms in total. The van der Waals surface area contributed by atoms with Crippen LogP contribution >= 0.6 is 27.5 Å². The van der Waals surface area contributed by atoms with E-state index in [1.54, 1.807) is 23.2 Å². The van der Waals surface area contributed by atoms with Crippen molar-refractivity contribution >= 4 is 38.6 Å². The molecule has 1 aromatic carbocycles. The van der Waals surface area contributed by atoms with Gasteiger partial charge in [-0.2, -0.15) is 0 Å². The predicted octanol–water partition coefficient (Wildman–Crippen LogP) is 3.49. The van der Waals surface area contributed by atoms with Crippen molar-refractivity contribution in [3.63, 3.8) is 0 Å². The zero-order valence-corrected chi connectivity index (χ0v) is 14.7. The van der Waals surface area contributed by atoms with Crippen molar-refractivity contribution in [2.24, 2.45) is 14.1 Å². The summed E-state index contributed by atoms with van der Waals surface area (Å²) in [5.41, 5.74) is 2.34. The van der Waals surface area contributed by atoms with Gasteiger partial charge < -0.3 is 4.74 Å². The maximum absolute atomic E-state index is 12.1. The van der Waals surface area contributed by atoms with Crippen LogP contribution in [0.3, 0.4) is 0 Å². The van der Waals surface area contributed by atoms with Crippen molar-refractivity contribution in [2.75, 3.05) is 6.61 Å². The number of fused-ring (bicyclic) bond motifs is 1. The third-order valence-corrected chi connectivity index (χ3v) is 5.83. The lowest BCUT2D eigenvalue weighted by atomic mass is 9.93. The monoisotopic (exact) mass is 372 g/mol. The normalized spacial score (nSPS) is 23.9. The van der Waals surface area contributed by atoms with E-state index >= 15 is 0 Å². The zero-order chi connectivity index (χ0) is 15.4. The highest BCUT2D eigenvalue weighted by molar-refractivity contribution is 9.10. The topological polar surface area (TPSA) is 36.2 Å². The van der Waals surface area contributed by atoms with Crippen LogP contribution in [0, 0.1) is 0 Å². The molecule has 21 heavy (non-hydrogen) atoms. The molecule has 0 N–H and O–H groups in total. The summed E-state index contributed by atoms with van der Waals surface area (Å²) in [6.07, 6.45) is 1.97. The molecule has 2 heterocycles. The molecule has 0 amide bonds. The van der Waals surface area contributed by atoms with Crippen LogP contribution in [0.15, 0.2) is 21.4 Å². The molecule has 1 aliphatic heterocycles. The molecule has 0 radical (unpaired) electrons. The second-order valence-electron chi connectivity index (χ2n) is 5.89. The first-order valence-corrected chi connectivity index (χ1v) is 8.21. The SMILES string of the molecule is Cn1c(=O)n(C)c2cc(C(Cl)C3(C)CCCO3)c(Br)cc21. The average molecular weight is 374 g/mol. The van der Waals surface area contributed by atoms with Gasteiger partial charge >= 0.3 is 5.69 Å². The van der Waals surface area contributed by atoms with Crippen LogP contribution in [0.25, 0.3) is 11.0 Å². The third-order valence-electron chi connectivity index (χ3n) is 4.45. The number of ether oxygens (including phenoxy) is 1. The Balaban J connectivity index is 2.17. The van der Waals surface area contributed by atoms with Crippen molar-refractivity contribution in [1.82, 2.24) is 9.13 Å². The van der Waals surface area contributed by atoms with Gasteiger partial charge in [-0.1, -0.05) is 15.9 Å². The number of hydrogen-bond acceptors (Lipinski definition) is 2. The molecule has 2 atom stereocenters. The molecule has 0 bridgehead atoms. The lowest BCUT2D eigenvalue weighted by Crippen LogP contribution is -2.29. The number of aromatic nitrogens is 2. The Morgan fingerprint density at radius 1 is 1.33 bits per heavy atom. The van der Waals surface area contributed by atoms with Crippen LogP contribution in [0.1, 0.15) is 30.7 Å². The van der Waals surface area contributed by atoms with Gasteiger partial charge in [-0.3, -0.25) is 9.13 Å². The van der Waals surface area contributed by atoms with Gasteiger partial charge in [-0.05, 0) is 37.5 Å². The van der Waals surface area contributed by atoms with E-state index in [1.807, 2.05) is 12.1 Å². The lowest BCUT2D eigenvalue weighted by molar-refractivity contribution is 0.0163. The number of benzene rings is 1. The fourth-order valence-corrected chi connectivity index (χ4v) is 4.10. The van der Waals surface area contributed by atoms with Crippen LogP contribution in [-0.2, 0) is 18.8 Å². The minimum absolute atomic E-state index is 0.0384. The molecular weight excluding hydrogens is 356 g/mol. The Bertz CT molecular complexity index is 759. The van der Waals surface area contributed by atoms with E-state index in [4.69, 9.17) is 16.3 Å². The van der Waals surface area contributed by atoms with Gasteiger partial charge in [0.1, 0.15) is 0 Å². The highest BCUT2D eigenvalue weighted by Crippen LogP contribution is 2.44. The maximum atomic E-state index is 12.1. The van der Waals surface area contributed by atoms with Gasteiger partial charge in [0.2, 0.25) is 0 Å². The number of nitrogens with zero attached hydrogens (tertiary/aromatic N) is 2. The molecule has 1 aliphatic rings. The van der Waals surface area contributed by atoms with Gasteiger partial charge in [0.25, 0.3) is 0 Å². The van der Waals surface area contributed by atoms with Gasteiger partial charge in [0, 0.05) is 25.2 Å². The van der Waals surface area contributed by atoms with Crippen molar-refractivity contribution < 1.29 is 4.74 Å². The molecule has 1 aromatic heterocycles. The first-order chi connectivity index (χ1) is 9.85. The standard InChI is InChI=1S/C15H18BrClN2O2/c1-15(5-4-6-21-15)13(17)9-7-11-12(8-10(9)16)19(3)14(20)18(11)2/h7-8,13H,4-6H2,1-3H3. The molecule has 3 rings (SSSR count). The lowest BCUT2D eigenvalue weighted by Gasteiger charge is -2.29. The minimum Gasteiger partial charge on any atom is -0.373 e. The fourth-order valence-electron chi connectivity index (χ4n) is 3.06. The summed E-state index contributed by atoms with van der Waals surface area (Å²) in [6.45, 7) is 2.81. The molecule has 0 spiro atoms. The number of alkyl halides is 1. The first-order valence-electron chi connectivity index (χ1n) is 6.98. The second-order valence-corrected chi connectivity index (χ2v) is 7.18. The first kappa shape index (κ1) is 15.1. The summed E-state index contributed by atoms with van der Waals surface area (Å²) < 4.78 is 10.1. The summed E-state index contributed by atoms with van der Waals surface area (Å²) in [5, 5.41) is -0.255. The van der Waals surface area contributed by atoms with E-state index < -0.39 is 0 Å². The van der Waals surface area contributed by atoms with E-state index in [2.05, 4.69) is 22.9 Å². The Morgan fingerprint density at radius 3 is 2.52 bits per heavy atom. The Hall–Kier alpha value is -0.780. The van der Waals surface area contributed by atoms with E-state index in [9.17, 15) is 4.79 Å². The molecule has 2 unspecified atom stereocenters. The summed E-state index contributed by atoms with van der Waals surface area (Å²) in [6, 6.07) is 3.95. The van der Waals surface area contributed by atoms with Crippen LogP contribution < -0.4 is 5.69 Å². The molecule has 6 heteroatoms. The van der Waals surface area contributed by atoms with Crippen LogP contribution in [0.5, 0.6) is 0 Å². The molecule has 2 aromatic rings. The molecule has 1 fully saturated rings. The molecule has 0 aliphatic carbocycles. The molecule has 114 valence electrons. The fraction of sp³-hybridized carbons (Fsp3) is 0.533. The van der Waals surface area contributed by atoms with Gasteiger partial charge in [-0.15, -0.1) is 11.6 Å². The van der Waals surface area contributed by atoms with Gasteiger partial charge in [-0.25, -0.2) is 4.79 Å². The van der Waals surface area contributed by atoms with Crippen molar-refractivity contribution in [1.29, 1.82) is 0 Å². The smallest absolute Gasteiger partial charge is 0.328 e. The predicted molar refractivity (Wildman–Crippen MR) is 88.0 cm³/mol. The number of halogens is 2. The Morgan fingerprint density at radius 2 is 1.95 bits per heavy atom. The summed E-state index contributed by atoms with van der Waals surface area (Å²) in [7, 11) is 3.55. The van der Waals surface area contributed by atoms with Crippen molar-refractivity contribution in [3.05, 3.63) is 32.7 Å². The molecule has 1 saturated heterocycles. The minimum atomic E-state index is -0.356. The highest BCUT2D eigenvalue weighted by Gasteiger charge is 2.39.